The molecule has 0 spiro atoms. The highest BCUT2D eigenvalue weighted by atomic mass is 16.5. The minimum absolute atomic E-state index is 0.111. The molecule has 1 aliphatic heterocycles. The molecule has 98 valence electrons. The summed E-state index contributed by atoms with van der Waals surface area (Å²) in [6.45, 7) is 2.72. The number of nitrogens with two attached hydrogens (primary N) is 1. The molecule has 0 aliphatic carbocycles. The zero-order valence-corrected chi connectivity index (χ0v) is 10.6. The van der Waals surface area contributed by atoms with Crippen LogP contribution in [0.4, 0.5) is 0 Å². The molecule has 18 heavy (non-hydrogen) atoms. The molecule has 0 radical (unpaired) electrons. The lowest BCUT2D eigenvalue weighted by Crippen LogP contribution is -2.44. The normalized spacial score (nSPS) is 25.4. The van der Waals surface area contributed by atoms with Crippen molar-refractivity contribution in [3.05, 3.63) is 35.9 Å². The topological polar surface area (TPSA) is 64.4 Å². The summed E-state index contributed by atoms with van der Waals surface area (Å²) in [5.74, 6) is -0.111. The molecule has 0 bridgehead atoms. The summed E-state index contributed by atoms with van der Waals surface area (Å²) in [7, 11) is 0. The van der Waals surface area contributed by atoms with Gasteiger partial charge in [0.15, 0.2) is 0 Å². The fourth-order valence-electron chi connectivity index (χ4n) is 2.23. The summed E-state index contributed by atoms with van der Waals surface area (Å²) in [5.41, 5.74) is 6.79. The first-order valence-corrected chi connectivity index (χ1v) is 6.39. The fraction of sp³-hybridized carbons (Fsp3) is 0.500. The van der Waals surface area contributed by atoms with Gasteiger partial charge in [-0.1, -0.05) is 30.3 Å². The second-order valence-corrected chi connectivity index (χ2v) is 4.80. The smallest absolute Gasteiger partial charge is 0.241 e. The van der Waals surface area contributed by atoms with Crippen LogP contribution < -0.4 is 11.1 Å². The average molecular weight is 248 g/mol. The van der Waals surface area contributed by atoms with E-state index in [0.29, 0.717) is 6.61 Å². The highest BCUT2D eigenvalue weighted by Gasteiger charge is 2.23. The maximum absolute atomic E-state index is 12.0. The second kappa shape index (κ2) is 5.98. The van der Waals surface area contributed by atoms with Gasteiger partial charge in [0.05, 0.1) is 6.10 Å². The van der Waals surface area contributed by atoms with Crippen LogP contribution in [-0.2, 0) is 9.53 Å². The number of ether oxygens (including phenoxy) is 1. The molecule has 2 unspecified atom stereocenters. The van der Waals surface area contributed by atoms with Gasteiger partial charge in [-0.15, -0.1) is 0 Å². The van der Waals surface area contributed by atoms with Gasteiger partial charge in [-0.25, -0.2) is 0 Å². The summed E-state index contributed by atoms with van der Waals surface area (Å²) < 4.78 is 5.45. The zero-order chi connectivity index (χ0) is 13.0. The summed E-state index contributed by atoms with van der Waals surface area (Å²) in [6, 6.07) is 9.01. The SMILES string of the molecule is CC1CC(NC(=O)[C@@H](N)c2ccccc2)CCO1. The average Bonchev–Trinajstić information content (AvgIpc) is 2.39. The van der Waals surface area contributed by atoms with Crippen LogP contribution in [0.15, 0.2) is 30.3 Å². The fourth-order valence-corrected chi connectivity index (χ4v) is 2.23. The highest BCUT2D eigenvalue weighted by Crippen LogP contribution is 2.15. The predicted octanol–water partition coefficient (Wildman–Crippen LogP) is 1.37. The van der Waals surface area contributed by atoms with Crippen LogP contribution in [0.3, 0.4) is 0 Å². The predicted molar refractivity (Wildman–Crippen MR) is 69.9 cm³/mol. The van der Waals surface area contributed by atoms with Crippen molar-refractivity contribution in [2.45, 2.75) is 38.0 Å². The molecular weight excluding hydrogens is 228 g/mol. The van der Waals surface area contributed by atoms with E-state index < -0.39 is 6.04 Å². The summed E-state index contributed by atoms with van der Waals surface area (Å²) in [6.07, 6.45) is 1.92. The van der Waals surface area contributed by atoms with Gasteiger partial charge >= 0.3 is 0 Å². The van der Waals surface area contributed by atoms with Crippen molar-refractivity contribution in [1.29, 1.82) is 0 Å². The van der Waals surface area contributed by atoms with Crippen LogP contribution in [0.5, 0.6) is 0 Å². The molecule has 3 N–H and O–H groups in total. The zero-order valence-electron chi connectivity index (χ0n) is 10.6. The van der Waals surface area contributed by atoms with E-state index in [1.165, 1.54) is 0 Å². The lowest BCUT2D eigenvalue weighted by atomic mass is 10.0. The van der Waals surface area contributed by atoms with Gasteiger partial charge in [0.25, 0.3) is 0 Å². The lowest BCUT2D eigenvalue weighted by Gasteiger charge is -2.28. The molecule has 1 fully saturated rings. The molecule has 4 nitrogen and oxygen atoms in total. The minimum Gasteiger partial charge on any atom is -0.378 e. The van der Waals surface area contributed by atoms with Gasteiger partial charge < -0.3 is 15.8 Å². The van der Waals surface area contributed by atoms with Crippen molar-refractivity contribution in [2.75, 3.05) is 6.61 Å². The minimum atomic E-state index is -0.593. The molecular formula is C14H20N2O2. The number of rotatable bonds is 3. The van der Waals surface area contributed by atoms with E-state index in [1.54, 1.807) is 0 Å². The third kappa shape index (κ3) is 3.31. The summed E-state index contributed by atoms with van der Waals surface area (Å²) in [4.78, 5) is 12.0. The molecule has 2 rings (SSSR count). The Balaban J connectivity index is 1.91. The van der Waals surface area contributed by atoms with E-state index in [9.17, 15) is 4.79 Å². The van der Waals surface area contributed by atoms with Gasteiger partial charge in [-0.3, -0.25) is 4.79 Å². The largest absolute Gasteiger partial charge is 0.378 e. The maximum Gasteiger partial charge on any atom is 0.241 e. The molecule has 1 aromatic carbocycles. The van der Waals surface area contributed by atoms with Gasteiger partial charge in [0.2, 0.25) is 5.91 Å². The van der Waals surface area contributed by atoms with Crippen molar-refractivity contribution in [1.82, 2.24) is 5.32 Å². The number of nitrogens with one attached hydrogen (secondary N) is 1. The Morgan fingerprint density at radius 1 is 1.44 bits per heavy atom. The Labute approximate surface area is 108 Å². The molecule has 1 aromatic rings. The van der Waals surface area contributed by atoms with Crippen molar-refractivity contribution >= 4 is 5.91 Å². The van der Waals surface area contributed by atoms with Crippen molar-refractivity contribution in [2.24, 2.45) is 5.73 Å². The molecule has 1 heterocycles. The molecule has 3 atom stereocenters. The van der Waals surface area contributed by atoms with Gasteiger partial charge in [0, 0.05) is 12.6 Å². The molecule has 1 aliphatic rings. The first-order chi connectivity index (χ1) is 8.66. The third-order valence-electron chi connectivity index (χ3n) is 3.27. The van der Waals surface area contributed by atoms with Crippen LogP contribution >= 0.6 is 0 Å². The summed E-state index contributed by atoms with van der Waals surface area (Å²) >= 11 is 0. The third-order valence-corrected chi connectivity index (χ3v) is 3.27. The molecule has 1 amide bonds. The van der Waals surface area contributed by atoms with Crippen LogP contribution in [0.25, 0.3) is 0 Å². The van der Waals surface area contributed by atoms with E-state index in [1.807, 2.05) is 37.3 Å². The Bertz CT molecular complexity index is 394. The van der Waals surface area contributed by atoms with Gasteiger partial charge in [-0.2, -0.15) is 0 Å². The Morgan fingerprint density at radius 2 is 2.17 bits per heavy atom. The van der Waals surface area contributed by atoms with E-state index in [4.69, 9.17) is 10.5 Å². The quantitative estimate of drug-likeness (QED) is 0.849. The number of carbonyl (C=O) groups excluding carboxylic acids is 1. The Hall–Kier alpha value is -1.39. The summed E-state index contributed by atoms with van der Waals surface area (Å²) in [5, 5.41) is 3.00. The van der Waals surface area contributed by atoms with E-state index >= 15 is 0 Å². The molecule has 0 aromatic heterocycles. The van der Waals surface area contributed by atoms with Gasteiger partial charge in [-0.05, 0) is 25.3 Å². The lowest BCUT2D eigenvalue weighted by molar-refractivity contribution is -0.124. The van der Waals surface area contributed by atoms with Crippen molar-refractivity contribution in [3.63, 3.8) is 0 Å². The number of amides is 1. The molecule has 1 saturated heterocycles. The number of benzene rings is 1. The van der Waals surface area contributed by atoms with E-state index in [2.05, 4.69) is 5.32 Å². The van der Waals surface area contributed by atoms with Crippen molar-refractivity contribution < 1.29 is 9.53 Å². The number of hydrogen-bond acceptors (Lipinski definition) is 3. The standard InChI is InChI=1S/C14H20N2O2/c1-10-9-12(7-8-18-10)16-14(17)13(15)11-5-3-2-4-6-11/h2-6,10,12-13H,7-9,15H2,1H3,(H,16,17)/t10?,12?,13-/m0/s1. The van der Waals surface area contributed by atoms with Crippen LogP contribution in [-0.4, -0.2) is 24.7 Å². The molecule has 4 heteroatoms. The first-order valence-electron chi connectivity index (χ1n) is 6.39. The Morgan fingerprint density at radius 3 is 2.83 bits per heavy atom. The van der Waals surface area contributed by atoms with Crippen LogP contribution in [0, 0.1) is 0 Å². The van der Waals surface area contributed by atoms with E-state index in [0.717, 1.165) is 18.4 Å². The Kier molecular flexibility index (Phi) is 4.33. The highest BCUT2D eigenvalue weighted by molar-refractivity contribution is 5.83. The van der Waals surface area contributed by atoms with E-state index in [-0.39, 0.29) is 18.1 Å². The first kappa shape index (κ1) is 13.1. The monoisotopic (exact) mass is 248 g/mol. The van der Waals surface area contributed by atoms with Crippen LogP contribution in [0.1, 0.15) is 31.4 Å². The number of carbonyl (C=O) groups is 1. The van der Waals surface area contributed by atoms with Crippen LogP contribution in [0.2, 0.25) is 0 Å². The second-order valence-electron chi connectivity index (χ2n) is 4.80. The van der Waals surface area contributed by atoms with Crippen molar-refractivity contribution in [3.8, 4) is 0 Å². The molecule has 0 saturated carbocycles. The van der Waals surface area contributed by atoms with Gasteiger partial charge in [0.1, 0.15) is 6.04 Å². The number of hydrogen-bond donors (Lipinski definition) is 2. The maximum atomic E-state index is 12.0.